The van der Waals surface area contributed by atoms with Crippen molar-refractivity contribution >= 4 is 22.4 Å². The molecular formula is C13H14N2O3S. The van der Waals surface area contributed by atoms with E-state index in [0.29, 0.717) is 18.3 Å². The van der Waals surface area contributed by atoms with E-state index in [9.17, 15) is 4.79 Å². The number of anilines is 1. The van der Waals surface area contributed by atoms with Gasteiger partial charge in [0.25, 0.3) is 0 Å². The number of hydrogen-bond acceptors (Lipinski definition) is 6. The Labute approximate surface area is 114 Å². The molecule has 2 heterocycles. The molecule has 0 N–H and O–H groups in total. The highest BCUT2D eigenvalue weighted by Gasteiger charge is 2.32. The molecule has 2 aromatic rings. The summed E-state index contributed by atoms with van der Waals surface area (Å²) in [5.41, 5.74) is 0.368. The molecule has 1 aliphatic carbocycles. The zero-order chi connectivity index (χ0) is 13.2. The Balaban J connectivity index is 1.80. The lowest BCUT2D eigenvalue weighted by Gasteiger charge is -2.19. The van der Waals surface area contributed by atoms with Crippen LogP contribution in [-0.4, -0.2) is 24.1 Å². The van der Waals surface area contributed by atoms with Crippen molar-refractivity contribution < 1.29 is 13.9 Å². The van der Waals surface area contributed by atoms with Crippen molar-refractivity contribution in [2.45, 2.75) is 25.4 Å². The summed E-state index contributed by atoms with van der Waals surface area (Å²) in [6.45, 7) is 0.686. The van der Waals surface area contributed by atoms with Crippen LogP contribution in [-0.2, 0) is 11.3 Å². The number of nitrogens with zero attached hydrogens (tertiary/aromatic N) is 2. The fourth-order valence-corrected chi connectivity index (χ4v) is 2.77. The summed E-state index contributed by atoms with van der Waals surface area (Å²) >= 11 is 1.46. The van der Waals surface area contributed by atoms with Gasteiger partial charge >= 0.3 is 5.97 Å². The quantitative estimate of drug-likeness (QED) is 0.787. The summed E-state index contributed by atoms with van der Waals surface area (Å²) in [6, 6.07) is 4.33. The maximum absolute atomic E-state index is 11.4. The third-order valence-corrected chi connectivity index (χ3v) is 3.90. The molecule has 19 heavy (non-hydrogen) atoms. The van der Waals surface area contributed by atoms with Gasteiger partial charge in [0.05, 0.1) is 19.9 Å². The molecule has 0 saturated heterocycles. The van der Waals surface area contributed by atoms with E-state index in [1.165, 1.54) is 18.4 Å². The van der Waals surface area contributed by atoms with E-state index in [0.717, 1.165) is 23.7 Å². The van der Waals surface area contributed by atoms with Crippen LogP contribution in [0.2, 0.25) is 0 Å². The zero-order valence-corrected chi connectivity index (χ0v) is 11.4. The van der Waals surface area contributed by atoms with Crippen molar-refractivity contribution in [3.05, 3.63) is 35.2 Å². The number of carbonyl (C=O) groups excluding carboxylic acids is 1. The molecule has 100 valence electrons. The van der Waals surface area contributed by atoms with E-state index >= 15 is 0 Å². The average Bonchev–Trinajstić information content (AvgIpc) is 2.94. The van der Waals surface area contributed by atoms with Crippen molar-refractivity contribution in [2.24, 2.45) is 0 Å². The minimum Gasteiger partial charge on any atom is -0.467 e. The van der Waals surface area contributed by atoms with Crippen LogP contribution in [0.4, 0.5) is 5.13 Å². The first kappa shape index (κ1) is 12.2. The van der Waals surface area contributed by atoms with E-state index in [1.807, 2.05) is 12.1 Å². The van der Waals surface area contributed by atoms with Gasteiger partial charge in [-0.1, -0.05) is 0 Å². The number of esters is 1. The van der Waals surface area contributed by atoms with Crippen molar-refractivity contribution in [1.82, 2.24) is 4.98 Å². The average molecular weight is 278 g/mol. The number of ether oxygens (including phenoxy) is 1. The lowest BCUT2D eigenvalue weighted by molar-refractivity contribution is 0.0595. The van der Waals surface area contributed by atoms with Gasteiger partial charge in [-0.3, -0.25) is 0 Å². The molecule has 0 radical (unpaired) electrons. The van der Waals surface area contributed by atoms with Gasteiger partial charge in [-0.15, -0.1) is 11.3 Å². The Kier molecular flexibility index (Phi) is 3.25. The molecule has 5 nitrogen and oxygen atoms in total. The predicted molar refractivity (Wildman–Crippen MR) is 71.4 cm³/mol. The van der Waals surface area contributed by atoms with Crippen LogP contribution in [0.1, 0.15) is 29.1 Å². The largest absolute Gasteiger partial charge is 0.467 e. The maximum atomic E-state index is 11.4. The summed E-state index contributed by atoms with van der Waals surface area (Å²) in [7, 11) is 1.36. The van der Waals surface area contributed by atoms with Gasteiger partial charge in [-0.25, -0.2) is 9.78 Å². The second-order valence-electron chi connectivity index (χ2n) is 4.45. The number of carbonyl (C=O) groups is 1. The molecule has 0 aliphatic heterocycles. The predicted octanol–water partition coefficient (Wildman–Crippen LogP) is 2.69. The SMILES string of the molecule is COC(=O)c1csc(N(Cc2ccco2)C2CC2)n1. The first-order valence-electron chi connectivity index (χ1n) is 6.11. The van der Waals surface area contributed by atoms with E-state index in [-0.39, 0.29) is 0 Å². The Morgan fingerprint density at radius 2 is 2.47 bits per heavy atom. The van der Waals surface area contributed by atoms with Crippen molar-refractivity contribution in [2.75, 3.05) is 12.0 Å². The van der Waals surface area contributed by atoms with Gasteiger partial charge in [0.2, 0.25) is 0 Å². The molecule has 1 fully saturated rings. The van der Waals surface area contributed by atoms with Crippen LogP contribution in [0.3, 0.4) is 0 Å². The fourth-order valence-electron chi connectivity index (χ4n) is 1.90. The number of aromatic nitrogens is 1. The molecule has 0 unspecified atom stereocenters. The van der Waals surface area contributed by atoms with E-state index in [1.54, 1.807) is 11.6 Å². The summed E-state index contributed by atoms with van der Waals surface area (Å²) in [6.07, 6.45) is 3.99. The highest BCUT2D eigenvalue weighted by Crippen LogP contribution is 2.34. The summed E-state index contributed by atoms with van der Waals surface area (Å²) in [5.74, 6) is 0.512. The lowest BCUT2D eigenvalue weighted by Crippen LogP contribution is -2.24. The van der Waals surface area contributed by atoms with E-state index in [2.05, 4.69) is 14.6 Å². The number of furan rings is 1. The molecule has 0 aromatic carbocycles. The van der Waals surface area contributed by atoms with Gasteiger partial charge in [-0.05, 0) is 25.0 Å². The van der Waals surface area contributed by atoms with E-state index < -0.39 is 5.97 Å². The molecule has 0 spiro atoms. The van der Waals surface area contributed by atoms with Crippen LogP contribution in [0.25, 0.3) is 0 Å². The molecule has 0 amide bonds. The van der Waals surface area contributed by atoms with Crippen LogP contribution >= 0.6 is 11.3 Å². The first-order valence-corrected chi connectivity index (χ1v) is 6.99. The Morgan fingerprint density at radius 3 is 3.11 bits per heavy atom. The highest BCUT2D eigenvalue weighted by molar-refractivity contribution is 7.13. The molecule has 3 rings (SSSR count). The minimum atomic E-state index is -0.392. The third kappa shape index (κ3) is 2.63. The smallest absolute Gasteiger partial charge is 0.357 e. The first-order chi connectivity index (χ1) is 9.28. The van der Waals surface area contributed by atoms with Crippen molar-refractivity contribution in [3.63, 3.8) is 0 Å². The van der Waals surface area contributed by atoms with Crippen molar-refractivity contribution in [3.8, 4) is 0 Å². The number of hydrogen-bond donors (Lipinski definition) is 0. The van der Waals surface area contributed by atoms with Gasteiger partial charge in [0, 0.05) is 11.4 Å². The zero-order valence-electron chi connectivity index (χ0n) is 10.5. The second-order valence-corrected chi connectivity index (χ2v) is 5.28. The van der Waals surface area contributed by atoms with Gasteiger partial charge in [0.15, 0.2) is 10.8 Å². The molecule has 2 aromatic heterocycles. The van der Waals surface area contributed by atoms with Gasteiger partial charge in [0.1, 0.15) is 5.76 Å². The van der Waals surface area contributed by atoms with Crippen molar-refractivity contribution in [1.29, 1.82) is 0 Å². The lowest BCUT2D eigenvalue weighted by atomic mass is 10.4. The van der Waals surface area contributed by atoms with Crippen LogP contribution in [0, 0.1) is 0 Å². The number of rotatable bonds is 5. The summed E-state index contributed by atoms with van der Waals surface area (Å²) < 4.78 is 10.1. The third-order valence-electron chi connectivity index (χ3n) is 3.03. The van der Waals surface area contributed by atoms with E-state index in [4.69, 9.17) is 4.42 Å². The number of methoxy groups -OCH3 is 1. The van der Waals surface area contributed by atoms with Gasteiger partial charge < -0.3 is 14.1 Å². The minimum absolute atomic E-state index is 0.368. The Bertz CT molecular complexity index is 560. The highest BCUT2D eigenvalue weighted by atomic mass is 32.1. The topological polar surface area (TPSA) is 55.6 Å². The van der Waals surface area contributed by atoms with Crippen LogP contribution in [0.5, 0.6) is 0 Å². The molecule has 0 bridgehead atoms. The molecular weight excluding hydrogens is 264 g/mol. The summed E-state index contributed by atoms with van der Waals surface area (Å²) in [4.78, 5) is 18.0. The fraction of sp³-hybridized carbons (Fsp3) is 0.385. The molecule has 1 saturated carbocycles. The normalized spacial score (nSPS) is 14.4. The van der Waals surface area contributed by atoms with Crippen LogP contribution < -0.4 is 4.90 Å². The standard InChI is InChI=1S/C13H14N2O3S/c1-17-12(16)11-8-19-13(14-11)15(9-4-5-9)7-10-3-2-6-18-10/h2-3,6,8-9H,4-5,7H2,1H3. The Morgan fingerprint density at radius 1 is 1.63 bits per heavy atom. The monoisotopic (exact) mass is 278 g/mol. The summed E-state index contributed by atoms with van der Waals surface area (Å²) in [5, 5.41) is 2.58. The molecule has 6 heteroatoms. The Hall–Kier alpha value is -1.82. The van der Waals surface area contributed by atoms with Crippen LogP contribution in [0.15, 0.2) is 28.2 Å². The molecule has 0 atom stereocenters. The number of thiazole rings is 1. The maximum Gasteiger partial charge on any atom is 0.357 e. The molecule has 1 aliphatic rings. The second kappa shape index (κ2) is 5.05. The van der Waals surface area contributed by atoms with Gasteiger partial charge in [-0.2, -0.15) is 0 Å².